The number of rotatable bonds is 5. The summed E-state index contributed by atoms with van der Waals surface area (Å²) in [6.45, 7) is 2.12. The molecular weight excluding hydrogens is 346 g/mol. The molecule has 0 saturated heterocycles. The van der Waals surface area contributed by atoms with Gasteiger partial charge in [-0.15, -0.1) is 0 Å². The molecule has 0 fully saturated rings. The fourth-order valence-corrected chi connectivity index (χ4v) is 3.61. The van der Waals surface area contributed by atoms with Crippen LogP contribution in [0.5, 0.6) is 0 Å². The second kappa shape index (κ2) is 6.04. The minimum Gasteiger partial charge on any atom is -0.452 e. The highest BCUT2D eigenvalue weighted by Crippen LogP contribution is 2.25. The summed E-state index contributed by atoms with van der Waals surface area (Å²) in [5.74, 6) is 0.395. The van der Waals surface area contributed by atoms with E-state index in [4.69, 9.17) is 10.2 Å². The molecule has 0 amide bonds. The number of sulfonamides is 1. The van der Waals surface area contributed by atoms with Gasteiger partial charge < -0.3 is 10.2 Å². The van der Waals surface area contributed by atoms with Crippen molar-refractivity contribution in [2.45, 2.75) is 24.9 Å². The van der Waals surface area contributed by atoms with E-state index in [2.05, 4.69) is 25.6 Å². The van der Waals surface area contributed by atoms with Gasteiger partial charge >= 0.3 is 0 Å². The molecule has 0 aliphatic heterocycles. The Morgan fingerprint density at radius 1 is 1.50 bits per heavy atom. The summed E-state index contributed by atoms with van der Waals surface area (Å²) < 4.78 is 32.2. The first-order valence-corrected chi connectivity index (χ1v) is 8.10. The van der Waals surface area contributed by atoms with E-state index in [1.54, 1.807) is 12.3 Å². The molecule has 20 heavy (non-hydrogen) atoms. The predicted octanol–water partition coefficient (Wildman–Crippen LogP) is 1.68. The fraction of sp³-hybridized carbons (Fsp3) is 0.250. The molecule has 0 aromatic carbocycles. The van der Waals surface area contributed by atoms with Crippen LogP contribution in [0.15, 0.2) is 38.4 Å². The van der Waals surface area contributed by atoms with Crippen LogP contribution in [-0.4, -0.2) is 13.4 Å². The van der Waals surface area contributed by atoms with E-state index >= 15 is 0 Å². The van der Waals surface area contributed by atoms with E-state index in [1.165, 1.54) is 6.07 Å². The van der Waals surface area contributed by atoms with Gasteiger partial charge in [-0.25, -0.2) is 13.1 Å². The third-order valence-electron chi connectivity index (χ3n) is 2.74. The van der Waals surface area contributed by atoms with Gasteiger partial charge in [0.2, 0.25) is 10.0 Å². The number of nitrogens with one attached hydrogen (secondary N) is 1. The average Bonchev–Trinajstić information content (AvgIpc) is 2.80. The number of hydrogen-bond acceptors (Lipinski definition) is 5. The normalized spacial score (nSPS) is 11.8. The summed E-state index contributed by atoms with van der Waals surface area (Å²) >= 11 is 3.08. The van der Waals surface area contributed by atoms with Gasteiger partial charge in [0.05, 0.1) is 18.8 Å². The number of halogens is 1. The minimum atomic E-state index is -3.68. The Labute approximate surface area is 125 Å². The lowest BCUT2D eigenvalue weighted by Crippen LogP contribution is -2.24. The monoisotopic (exact) mass is 359 g/mol. The van der Waals surface area contributed by atoms with Gasteiger partial charge in [0, 0.05) is 12.3 Å². The summed E-state index contributed by atoms with van der Waals surface area (Å²) in [5.41, 5.74) is 7.02. The highest BCUT2D eigenvalue weighted by atomic mass is 79.9. The van der Waals surface area contributed by atoms with Gasteiger partial charge in [0.25, 0.3) is 0 Å². The smallest absolute Gasteiger partial charge is 0.245 e. The lowest BCUT2D eigenvalue weighted by atomic mass is 10.2. The van der Waals surface area contributed by atoms with E-state index in [-0.39, 0.29) is 22.7 Å². The standard InChI is InChI=1S/C12H14BrN3O3S/c1-8-3-2-4-15-10(8)7-16-20(17,18)11-5-9(6-14)19-12(11)13/h2-5,16H,6-7,14H2,1H3. The number of furan rings is 1. The van der Waals surface area contributed by atoms with Gasteiger partial charge in [-0.3, -0.25) is 4.98 Å². The molecule has 6 nitrogen and oxygen atoms in total. The zero-order valence-electron chi connectivity index (χ0n) is 10.8. The molecule has 0 aliphatic carbocycles. The summed E-state index contributed by atoms with van der Waals surface area (Å²) in [7, 11) is -3.68. The number of hydrogen-bond donors (Lipinski definition) is 2. The predicted molar refractivity (Wildman–Crippen MR) is 77.3 cm³/mol. The molecule has 0 unspecified atom stereocenters. The second-order valence-corrected chi connectivity index (χ2v) is 6.60. The van der Waals surface area contributed by atoms with E-state index in [0.29, 0.717) is 11.5 Å². The molecule has 108 valence electrons. The topological polar surface area (TPSA) is 98.2 Å². The molecule has 0 radical (unpaired) electrons. The van der Waals surface area contributed by atoms with Crippen LogP contribution in [0.25, 0.3) is 0 Å². The van der Waals surface area contributed by atoms with Crippen molar-refractivity contribution in [3.8, 4) is 0 Å². The molecular formula is C12H14BrN3O3S. The first-order valence-electron chi connectivity index (χ1n) is 5.82. The average molecular weight is 360 g/mol. The number of pyridine rings is 1. The second-order valence-electron chi connectivity index (χ2n) is 4.15. The van der Waals surface area contributed by atoms with Crippen LogP contribution < -0.4 is 10.5 Å². The van der Waals surface area contributed by atoms with Crippen LogP contribution in [0.1, 0.15) is 17.0 Å². The van der Waals surface area contributed by atoms with Crippen molar-refractivity contribution in [2.24, 2.45) is 5.73 Å². The summed E-state index contributed by atoms with van der Waals surface area (Å²) in [4.78, 5) is 4.17. The Kier molecular flexibility index (Phi) is 4.59. The van der Waals surface area contributed by atoms with E-state index in [0.717, 1.165) is 5.56 Å². The van der Waals surface area contributed by atoms with E-state index < -0.39 is 10.0 Å². The Morgan fingerprint density at radius 2 is 2.25 bits per heavy atom. The number of nitrogens with zero attached hydrogens (tertiary/aromatic N) is 1. The highest BCUT2D eigenvalue weighted by molar-refractivity contribution is 9.10. The first kappa shape index (κ1) is 15.2. The Hall–Kier alpha value is -1.22. The van der Waals surface area contributed by atoms with Gasteiger partial charge in [0.1, 0.15) is 10.7 Å². The molecule has 2 heterocycles. The lowest BCUT2D eigenvalue weighted by Gasteiger charge is -2.06. The summed E-state index contributed by atoms with van der Waals surface area (Å²) in [6, 6.07) is 5.07. The van der Waals surface area contributed by atoms with Gasteiger partial charge in [-0.05, 0) is 34.5 Å². The Morgan fingerprint density at radius 3 is 2.85 bits per heavy atom. The van der Waals surface area contributed by atoms with Crippen molar-refractivity contribution in [1.82, 2.24) is 9.71 Å². The maximum atomic E-state index is 12.2. The van der Waals surface area contributed by atoms with Crippen LogP contribution in [0.2, 0.25) is 0 Å². The zero-order valence-corrected chi connectivity index (χ0v) is 13.2. The van der Waals surface area contributed by atoms with Crippen molar-refractivity contribution < 1.29 is 12.8 Å². The SMILES string of the molecule is Cc1cccnc1CNS(=O)(=O)c1cc(CN)oc1Br. The molecule has 2 rings (SSSR count). The van der Waals surface area contributed by atoms with Crippen LogP contribution >= 0.6 is 15.9 Å². The molecule has 0 bridgehead atoms. The Bertz CT molecular complexity index is 712. The largest absolute Gasteiger partial charge is 0.452 e. The van der Waals surface area contributed by atoms with Crippen LogP contribution in [0, 0.1) is 6.92 Å². The quantitative estimate of drug-likeness (QED) is 0.846. The van der Waals surface area contributed by atoms with Crippen molar-refractivity contribution in [2.75, 3.05) is 0 Å². The van der Waals surface area contributed by atoms with Gasteiger partial charge in [0.15, 0.2) is 4.67 Å². The lowest BCUT2D eigenvalue weighted by molar-refractivity contribution is 0.483. The number of nitrogens with two attached hydrogens (primary N) is 1. The molecule has 2 aromatic heterocycles. The van der Waals surface area contributed by atoms with Crippen LogP contribution in [0.4, 0.5) is 0 Å². The first-order chi connectivity index (χ1) is 9.44. The van der Waals surface area contributed by atoms with E-state index in [1.807, 2.05) is 13.0 Å². The number of aryl methyl sites for hydroxylation is 1. The highest BCUT2D eigenvalue weighted by Gasteiger charge is 2.22. The van der Waals surface area contributed by atoms with Gasteiger partial charge in [-0.2, -0.15) is 0 Å². The van der Waals surface area contributed by atoms with Gasteiger partial charge in [-0.1, -0.05) is 6.07 Å². The number of aromatic nitrogens is 1. The summed E-state index contributed by atoms with van der Waals surface area (Å²) in [6.07, 6.45) is 1.62. The van der Waals surface area contributed by atoms with Crippen molar-refractivity contribution >= 4 is 26.0 Å². The molecule has 2 aromatic rings. The molecule has 0 atom stereocenters. The zero-order chi connectivity index (χ0) is 14.8. The fourth-order valence-electron chi connectivity index (χ4n) is 1.63. The molecule has 8 heteroatoms. The maximum absolute atomic E-state index is 12.2. The Balaban J connectivity index is 2.19. The minimum absolute atomic E-state index is 0.0338. The molecule has 0 aliphatic rings. The molecule has 0 spiro atoms. The van der Waals surface area contributed by atoms with Crippen molar-refractivity contribution in [3.05, 3.63) is 46.1 Å². The molecule has 3 N–H and O–H groups in total. The third kappa shape index (κ3) is 3.26. The van der Waals surface area contributed by atoms with Crippen molar-refractivity contribution in [3.63, 3.8) is 0 Å². The van der Waals surface area contributed by atoms with Crippen LogP contribution in [-0.2, 0) is 23.1 Å². The van der Waals surface area contributed by atoms with Crippen LogP contribution in [0.3, 0.4) is 0 Å². The molecule has 0 saturated carbocycles. The third-order valence-corrected chi connectivity index (χ3v) is 5.00. The maximum Gasteiger partial charge on any atom is 0.245 e. The van der Waals surface area contributed by atoms with E-state index in [9.17, 15) is 8.42 Å². The van der Waals surface area contributed by atoms with Crippen molar-refractivity contribution in [1.29, 1.82) is 0 Å². The summed E-state index contributed by atoms with van der Waals surface area (Å²) in [5, 5.41) is 0.